The van der Waals surface area contributed by atoms with Crippen molar-refractivity contribution in [1.29, 1.82) is 0 Å². The van der Waals surface area contributed by atoms with E-state index >= 15 is 0 Å². The molecule has 2 heterocycles. The van der Waals surface area contributed by atoms with Gasteiger partial charge < -0.3 is 16.0 Å². The van der Waals surface area contributed by atoms with Crippen LogP contribution in [0.1, 0.15) is 26.6 Å². The van der Waals surface area contributed by atoms with E-state index in [2.05, 4.69) is 32.1 Å². The van der Waals surface area contributed by atoms with Crippen LogP contribution in [0.25, 0.3) is 0 Å². The summed E-state index contributed by atoms with van der Waals surface area (Å²) in [6.07, 6.45) is 0. The first-order chi connectivity index (χ1) is 9.79. The number of nitrogen functional groups attached to an aromatic ring is 1. The Balaban J connectivity index is 2.25. The predicted molar refractivity (Wildman–Crippen MR) is 80.6 cm³/mol. The largest absolute Gasteiger partial charge is 0.368 e. The average Bonchev–Trinajstić information content (AvgIpc) is 2.41. The minimum Gasteiger partial charge on any atom is -0.368 e. The molecule has 0 radical (unpaired) electrons. The minimum absolute atomic E-state index is 0.0236. The monoisotopic (exact) mass is 293 g/mol. The molecule has 1 aromatic heterocycles. The van der Waals surface area contributed by atoms with Gasteiger partial charge in [-0.25, -0.2) is 0 Å². The first-order valence-corrected chi connectivity index (χ1v) is 7.03. The summed E-state index contributed by atoms with van der Waals surface area (Å²) in [7, 11) is 3.69. The van der Waals surface area contributed by atoms with Gasteiger partial charge in [0.1, 0.15) is 5.82 Å². The van der Waals surface area contributed by atoms with Crippen molar-refractivity contribution in [3.05, 3.63) is 5.82 Å². The summed E-state index contributed by atoms with van der Waals surface area (Å²) >= 11 is 0. The second-order valence-electron chi connectivity index (χ2n) is 5.69. The Morgan fingerprint density at radius 2 is 1.90 bits per heavy atom. The highest BCUT2D eigenvalue weighted by Gasteiger charge is 2.35. The van der Waals surface area contributed by atoms with Crippen LogP contribution in [0.4, 0.5) is 11.9 Å². The quantitative estimate of drug-likeness (QED) is 0.783. The fourth-order valence-electron chi connectivity index (χ4n) is 2.40. The molecule has 21 heavy (non-hydrogen) atoms. The van der Waals surface area contributed by atoms with Crippen LogP contribution in [0.3, 0.4) is 0 Å². The molecule has 1 fully saturated rings. The van der Waals surface area contributed by atoms with Gasteiger partial charge in [0.05, 0.1) is 12.6 Å². The van der Waals surface area contributed by atoms with Gasteiger partial charge in [-0.1, -0.05) is 0 Å². The molecule has 116 valence electrons. The lowest BCUT2D eigenvalue weighted by Crippen LogP contribution is -2.62. The molecule has 1 aromatic rings. The lowest BCUT2D eigenvalue weighted by molar-refractivity contribution is -0.132. The first-order valence-electron chi connectivity index (χ1n) is 7.03. The van der Waals surface area contributed by atoms with Crippen molar-refractivity contribution >= 4 is 17.8 Å². The molecule has 0 bridgehead atoms. The Bertz CT molecular complexity index is 533. The first kappa shape index (κ1) is 15.4. The fraction of sp³-hybridized carbons (Fsp3) is 0.692. The van der Waals surface area contributed by atoms with Gasteiger partial charge in [0.2, 0.25) is 17.8 Å². The summed E-state index contributed by atoms with van der Waals surface area (Å²) in [5.41, 5.74) is 5.74. The Morgan fingerprint density at radius 1 is 1.24 bits per heavy atom. The van der Waals surface area contributed by atoms with Crippen LogP contribution >= 0.6 is 0 Å². The van der Waals surface area contributed by atoms with Gasteiger partial charge >= 0.3 is 0 Å². The van der Waals surface area contributed by atoms with Gasteiger partial charge in [0.15, 0.2) is 0 Å². The molecule has 0 aromatic carbocycles. The molecule has 0 aliphatic carbocycles. The highest BCUT2D eigenvalue weighted by atomic mass is 16.2. The number of nitrogens with two attached hydrogens (primary N) is 1. The van der Waals surface area contributed by atoms with Crippen LogP contribution < -0.4 is 16.0 Å². The van der Waals surface area contributed by atoms with Gasteiger partial charge in [0.25, 0.3) is 0 Å². The van der Waals surface area contributed by atoms with Gasteiger partial charge in [-0.05, 0) is 20.8 Å². The third kappa shape index (κ3) is 3.21. The van der Waals surface area contributed by atoms with Crippen molar-refractivity contribution in [2.45, 2.75) is 45.4 Å². The number of aromatic nitrogens is 3. The zero-order valence-corrected chi connectivity index (χ0v) is 13.2. The van der Waals surface area contributed by atoms with Crippen LogP contribution in [0, 0.1) is 0 Å². The second kappa shape index (κ2) is 5.80. The number of anilines is 2. The van der Waals surface area contributed by atoms with E-state index in [0.717, 1.165) is 0 Å². The van der Waals surface area contributed by atoms with E-state index in [9.17, 15) is 4.79 Å². The minimum atomic E-state index is -0.225. The number of hydrogen-bond donors (Lipinski definition) is 2. The van der Waals surface area contributed by atoms with Crippen LogP contribution in [0.2, 0.25) is 0 Å². The molecule has 3 atom stereocenters. The van der Waals surface area contributed by atoms with E-state index < -0.39 is 0 Å². The third-order valence-corrected chi connectivity index (χ3v) is 3.90. The van der Waals surface area contributed by atoms with Crippen LogP contribution in [0.15, 0.2) is 0 Å². The molecular formula is C13H23N7O. The van der Waals surface area contributed by atoms with E-state index in [1.165, 1.54) is 0 Å². The van der Waals surface area contributed by atoms with E-state index in [0.29, 0.717) is 18.3 Å². The standard InChI is InChI=1S/C13H23N7O/c1-7-8(2)20(9(3)11(21)15-7)6-10-16-12(14)18-13(17-10)19(4)5/h7-9H,6H2,1-5H3,(H,15,21)(H2,14,16,17,18). The number of nitrogens with one attached hydrogen (secondary N) is 1. The summed E-state index contributed by atoms with van der Waals surface area (Å²) in [6, 6.07) is 0.0525. The summed E-state index contributed by atoms with van der Waals surface area (Å²) < 4.78 is 0. The van der Waals surface area contributed by atoms with Gasteiger partial charge in [-0.3, -0.25) is 9.69 Å². The number of amides is 1. The molecule has 0 spiro atoms. The highest BCUT2D eigenvalue weighted by molar-refractivity contribution is 5.82. The van der Waals surface area contributed by atoms with Crippen molar-refractivity contribution in [2.75, 3.05) is 24.7 Å². The lowest BCUT2D eigenvalue weighted by Gasteiger charge is -2.41. The number of carbonyl (C=O) groups excluding carboxylic acids is 1. The molecule has 8 nitrogen and oxygen atoms in total. The molecule has 2 rings (SSSR count). The molecule has 0 saturated carbocycles. The highest BCUT2D eigenvalue weighted by Crippen LogP contribution is 2.18. The maximum Gasteiger partial charge on any atom is 0.237 e. The Labute approximate surface area is 124 Å². The Morgan fingerprint density at radius 3 is 2.52 bits per heavy atom. The van der Waals surface area contributed by atoms with Gasteiger partial charge in [-0.2, -0.15) is 15.0 Å². The molecule has 1 amide bonds. The van der Waals surface area contributed by atoms with E-state index in [1.54, 1.807) is 4.90 Å². The van der Waals surface area contributed by atoms with Crippen molar-refractivity contribution in [2.24, 2.45) is 0 Å². The third-order valence-electron chi connectivity index (χ3n) is 3.90. The molecule has 8 heteroatoms. The second-order valence-corrected chi connectivity index (χ2v) is 5.69. The number of piperazine rings is 1. The smallest absolute Gasteiger partial charge is 0.237 e. The molecule has 1 saturated heterocycles. The van der Waals surface area contributed by atoms with Crippen molar-refractivity contribution in [1.82, 2.24) is 25.2 Å². The maximum absolute atomic E-state index is 12.0. The summed E-state index contributed by atoms with van der Waals surface area (Å²) in [4.78, 5) is 28.5. The summed E-state index contributed by atoms with van der Waals surface area (Å²) in [5.74, 6) is 1.31. The fourth-order valence-corrected chi connectivity index (χ4v) is 2.40. The maximum atomic E-state index is 12.0. The van der Waals surface area contributed by atoms with Crippen molar-refractivity contribution < 1.29 is 4.79 Å². The van der Waals surface area contributed by atoms with Crippen LogP contribution in [-0.4, -0.2) is 58.0 Å². The van der Waals surface area contributed by atoms with Crippen molar-refractivity contribution in [3.63, 3.8) is 0 Å². The van der Waals surface area contributed by atoms with E-state index in [-0.39, 0.29) is 30.0 Å². The Hall–Kier alpha value is -1.96. The molecule has 1 aliphatic rings. The number of nitrogens with zero attached hydrogens (tertiary/aromatic N) is 5. The van der Waals surface area contributed by atoms with Crippen molar-refractivity contribution in [3.8, 4) is 0 Å². The zero-order chi connectivity index (χ0) is 15.7. The predicted octanol–water partition coefficient (Wildman–Crippen LogP) is -0.383. The number of rotatable bonds is 3. The van der Waals surface area contributed by atoms with Gasteiger partial charge in [-0.15, -0.1) is 0 Å². The number of carbonyl (C=O) groups is 1. The zero-order valence-electron chi connectivity index (χ0n) is 13.2. The SMILES string of the molecule is CC1NC(=O)C(C)N(Cc2nc(N)nc(N(C)C)n2)C1C. The lowest BCUT2D eigenvalue weighted by atomic mass is 10.0. The normalized spacial score (nSPS) is 26.5. The van der Waals surface area contributed by atoms with Gasteiger partial charge in [0, 0.05) is 26.2 Å². The molecule has 3 N–H and O–H groups in total. The Kier molecular flexibility index (Phi) is 4.26. The summed E-state index contributed by atoms with van der Waals surface area (Å²) in [5, 5.41) is 2.97. The van der Waals surface area contributed by atoms with E-state index in [4.69, 9.17) is 5.73 Å². The molecule has 3 unspecified atom stereocenters. The average molecular weight is 293 g/mol. The van der Waals surface area contributed by atoms with Crippen LogP contribution in [-0.2, 0) is 11.3 Å². The van der Waals surface area contributed by atoms with E-state index in [1.807, 2.05) is 27.9 Å². The molecule has 1 aliphatic heterocycles. The number of hydrogen-bond acceptors (Lipinski definition) is 7. The van der Waals surface area contributed by atoms with Crippen LogP contribution in [0.5, 0.6) is 0 Å². The summed E-state index contributed by atoms with van der Waals surface area (Å²) in [6.45, 7) is 6.43. The molecular weight excluding hydrogens is 270 g/mol. The topological polar surface area (TPSA) is 100 Å².